The first-order chi connectivity index (χ1) is 10.8. The number of phenolic OH excluding ortho intramolecular Hbond substituents is 2. The van der Waals surface area contributed by atoms with Crippen LogP contribution in [0.25, 0.3) is 0 Å². The molecule has 2 rings (SSSR count). The number of phenols is 2. The molecule has 0 aliphatic rings. The van der Waals surface area contributed by atoms with Crippen molar-refractivity contribution in [3.8, 4) is 11.5 Å². The fourth-order valence-electron chi connectivity index (χ4n) is 1.63. The number of carbonyl (C=O) groups is 2. The Morgan fingerprint density at radius 1 is 0.957 bits per heavy atom. The van der Waals surface area contributed by atoms with Gasteiger partial charge < -0.3 is 20.8 Å². The highest BCUT2D eigenvalue weighted by molar-refractivity contribution is 6.44. The van der Waals surface area contributed by atoms with Crippen molar-refractivity contribution in [3.63, 3.8) is 0 Å². The van der Waals surface area contributed by atoms with E-state index in [1.165, 1.54) is 12.1 Å². The molecule has 0 atom stereocenters. The van der Waals surface area contributed by atoms with Gasteiger partial charge in [-0.1, -0.05) is 23.2 Å². The highest BCUT2D eigenvalue weighted by Gasteiger charge is 2.18. The standard InChI is InChI=1S/C14H9Cl2FN2O4/c15-6-3-8(16)12(21)10(4-6)19-14(23)13(22)18-9-5-7(17)1-2-11(9)20/h1-5,20-21H,(H,18,22)(H,19,23). The molecule has 0 unspecified atom stereocenters. The lowest BCUT2D eigenvalue weighted by Gasteiger charge is -2.10. The summed E-state index contributed by atoms with van der Waals surface area (Å²) in [6.07, 6.45) is 0. The molecule has 0 bridgehead atoms. The SMILES string of the molecule is O=C(Nc1cc(F)ccc1O)C(=O)Nc1cc(Cl)cc(Cl)c1O. The third-order valence-electron chi connectivity index (χ3n) is 2.69. The van der Waals surface area contributed by atoms with E-state index < -0.39 is 29.1 Å². The van der Waals surface area contributed by atoms with Crippen LogP contribution in [-0.2, 0) is 9.59 Å². The third-order valence-corrected chi connectivity index (χ3v) is 3.20. The summed E-state index contributed by atoms with van der Waals surface area (Å²) in [5, 5.41) is 23.3. The fourth-order valence-corrected chi connectivity index (χ4v) is 2.12. The summed E-state index contributed by atoms with van der Waals surface area (Å²) in [5.74, 6) is -3.96. The third kappa shape index (κ3) is 4.02. The van der Waals surface area contributed by atoms with Crippen molar-refractivity contribution in [2.75, 3.05) is 10.6 Å². The van der Waals surface area contributed by atoms with Gasteiger partial charge in [0.05, 0.1) is 16.4 Å². The van der Waals surface area contributed by atoms with E-state index in [-0.39, 0.29) is 21.4 Å². The van der Waals surface area contributed by atoms with Crippen molar-refractivity contribution < 1.29 is 24.2 Å². The van der Waals surface area contributed by atoms with Crippen LogP contribution in [0.15, 0.2) is 30.3 Å². The molecular weight excluding hydrogens is 350 g/mol. The molecule has 120 valence electrons. The van der Waals surface area contributed by atoms with Crippen LogP contribution in [0.4, 0.5) is 15.8 Å². The maximum atomic E-state index is 13.1. The molecular formula is C14H9Cl2FN2O4. The van der Waals surface area contributed by atoms with Crippen LogP contribution in [0.5, 0.6) is 11.5 Å². The summed E-state index contributed by atoms with van der Waals surface area (Å²) in [7, 11) is 0. The molecule has 2 aromatic rings. The average molecular weight is 359 g/mol. The van der Waals surface area contributed by atoms with Gasteiger partial charge >= 0.3 is 11.8 Å². The lowest BCUT2D eigenvalue weighted by Crippen LogP contribution is -2.29. The first kappa shape index (κ1) is 16.9. The van der Waals surface area contributed by atoms with Gasteiger partial charge in [0.2, 0.25) is 0 Å². The van der Waals surface area contributed by atoms with E-state index in [0.29, 0.717) is 0 Å². The summed E-state index contributed by atoms with van der Waals surface area (Å²) in [6.45, 7) is 0. The summed E-state index contributed by atoms with van der Waals surface area (Å²) >= 11 is 11.4. The molecule has 2 aromatic carbocycles. The highest BCUT2D eigenvalue weighted by Crippen LogP contribution is 2.35. The number of rotatable bonds is 2. The molecule has 4 N–H and O–H groups in total. The van der Waals surface area contributed by atoms with Gasteiger partial charge in [0.1, 0.15) is 11.6 Å². The summed E-state index contributed by atoms with van der Waals surface area (Å²) < 4.78 is 13.1. The maximum absolute atomic E-state index is 13.1. The zero-order valence-electron chi connectivity index (χ0n) is 11.2. The zero-order valence-corrected chi connectivity index (χ0v) is 12.7. The Morgan fingerprint density at radius 3 is 2.22 bits per heavy atom. The van der Waals surface area contributed by atoms with E-state index in [2.05, 4.69) is 5.32 Å². The summed E-state index contributed by atoms with van der Waals surface area (Å²) in [5.41, 5.74) is -0.454. The number of aromatic hydroxyl groups is 2. The monoisotopic (exact) mass is 358 g/mol. The number of anilines is 2. The van der Waals surface area contributed by atoms with E-state index in [9.17, 15) is 24.2 Å². The number of benzene rings is 2. The largest absolute Gasteiger partial charge is 0.506 e. The Labute approximate surface area is 139 Å². The van der Waals surface area contributed by atoms with Crippen molar-refractivity contribution in [1.29, 1.82) is 0 Å². The van der Waals surface area contributed by atoms with Crippen molar-refractivity contribution in [2.24, 2.45) is 0 Å². The number of hydrogen-bond donors (Lipinski definition) is 4. The first-order valence-electron chi connectivity index (χ1n) is 6.07. The van der Waals surface area contributed by atoms with Crippen LogP contribution in [0, 0.1) is 5.82 Å². The van der Waals surface area contributed by atoms with Crippen molar-refractivity contribution >= 4 is 46.4 Å². The van der Waals surface area contributed by atoms with Crippen LogP contribution in [0.3, 0.4) is 0 Å². The van der Waals surface area contributed by atoms with Gasteiger partial charge in [0, 0.05) is 11.1 Å². The van der Waals surface area contributed by atoms with Gasteiger partial charge in [0.15, 0.2) is 5.75 Å². The molecule has 23 heavy (non-hydrogen) atoms. The molecule has 0 radical (unpaired) electrons. The normalized spacial score (nSPS) is 10.2. The molecule has 6 nitrogen and oxygen atoms in total. The van der Waals surface area contributed by atoms with Crippen LogP contribution < -0.4 is 10.6 Å². The van der Waals surface area contributed by atoms with Gasteiger partial charge in [-0.3, -0.25) is 9.59 Å². The van der Waals surface area contributed by atoms with Crippen molar-refractivity contribution in [2.45, 2.75) is 0 Å². The summed E-state index contributed by atoms with van der Waals surface area (Å²) in [4.78, 5) is 23.5. The fraction of sp³-hybridized carbons (Fsp3) is 0. The lowest BCUT2D eigenvalue weighted by atomic mass is 10.2. The van der Waals surface area contributed by atoms with E-state index in [1.807, 2.05) is 5.32 Å². The molecule has 0 aromatic heterocycles. The molecule has 0 saturated heterocycles. The second-order valence-corrected chi connectivity index (χ2v) is 5.20. The Morgan fingerprint density at radius 2 is 1.57 bits per heavy atom. The second kappa shape index (κ2) is 6.72. The molecule has 0 heterocycles. The van der Waals surface area contributed by atoms with Crippen LogP contribution in [0.2, 0.25) is 10.0 Å². The van der Waals surface area contributed by atoms with Gasteiger partial charge in [-0.2, -0.15) is 0 Å². The minimum Gasteiger partial charge on any atom is -0.506 e. The molecule has 0 spiro atoms. The van der Waals surface area contributed by atoms with Crippen LogP contribution in [-0.4, -0.2) is 22.0 Å². The van der Waals surface area contributed by atoms with Gasteiger partial charge in [-0.25, -0.2) is 4.39 Å². The predicted molar refractivity (Wildman–Crippen MR) is 83.5 cm³/mol. The Kier molecular flexibility index (Phi) is 4.92. The molecule has 0 aliphatic carbocycles. The van der Waals surface area contributed by atoms with E-state index in [0.717, 1.165) is 18.2 Å². The number of halogens is 3. The molecule has 0 fully saturated rings. The smallest absolute Gasteiger partial charge is 0.314 e. The van der Waals surface area contributed by atoms with Crippen LogP contribution in [0.1, 0.15) is 0 Å². The van der Waals surface area contributed by atoms with Crippen LogP contribution >= 0.6 is 23.2 Å². The highest BCUT2D eigenvalue weighted by atomic mass is 35.5. The first-order valence-corrected chi connectivity index (χ1v) is 6.82. The van der Waals surface area contributed by atoms with E-state index in [1.54, 1.807) is 0 Å². The van der Waals surface area contributed by atoms with E-state index in [4.69, 9.17) is 23.2 Å². The van der Waals surface area contributed by atoms with Crippen molar-refractivity contribution in [3.05, 3.63) is 46.2 Å². The number of carbonyl (C=O) groups excluding carboxylic acids is 2. The van der Waals surface area contributed by atoms with Gasteiger partial charge in [0.25, 0.3) is 0 Å². The second-order valence-electron chi connectivity index (χ2n) is 4.35. The molecule has 9 heteroatoms. The lowest BCUT2D eigenvalue weighted by molar-refractivity contribution is -0.133. The Hall–Kier alpha value is -2.51. The quantitative estimate of drug-likeness (QED) is 0.489. The molecule has 0 aliphatic heterocycles. The van der Waals surface area contributed by atoms with Crippen molar-refractivity contribution in [1.82, 2.24) is 0 Å². The summed E-state index contributed by atoms with van der Waals surface area (Å²) in [6, 6.07) is 5.28. The van der Waals surface area contributed by atoms with E-state index >= 15 is 0 Å². The zero-order chi connectivity index (χ0) is 17.1. The maximum Gasteiger partial charge on any atom is 0.314 e. The minimum atomic E-state index is -1.19. The number of hydrogen-bond acceptors (Lipinski definition) is 4. The Bertz CT molecular complexity index is 799. The van der Waals surface area contributed by atoms with Gasteiger partial charge in [-0.05, 0) is 24.3 Å². The number of nitrogens with one attached hydrogen (secondary N) is 2. The molecule has 0 saturated carbocycles. The molecule has 2 amide bonds. The topological polar surface area (TPSA) is 98.7 Å². The Balaban J connectivity index is 2.15. The van der Waals surface area contributed by atoms with Gasteiger partial charge in [-0.15, -0.1) is 0 Å². The predicted octanol–water partition coefficient (Wildman–Crippen LogP) is 3.12. The number of amides is 2. The average Bonchev–Trinajstić information content (AvgIpc) is 2.47. The minimum absolute atomic E-state index is 0.115.